The average molecular weight is 281 g/mol. The Kier molecular flexibility index (Phi) is 5.88. The number of nitrogens with zero attached hydrogens (tertiary/aromatic N) is 2. The summed E-state index contributed by atoms with van der Waals surface area (Å²) in [5.74, 6) is 1.64. The fraction of sp³-hybridized carbons (Fsp3) is 1.00. The first kappa shape index (κ1) is 16.3. The zero-order valence-corrected chi connectivity index (χ0v) is 14.2. The van der Waals surface area contributed by atoms with Crippen LogP contribution in [0.2, 0.25) is 0 Å². The number of nitrogens with one attached hydrogen (secondary N) is 1. The average Bonchev–Trinajstić information content (AvgIpc) is 2.43. The molecule has 0 spiro atoms. The highest BCUT2D eigenvalue weighted by Gasteiger charge is 2.36. The number of rotatable bonds is 5. The first-order chi connectivity index (χ1) is 9.49. The molecule has 2 heterocycles. The maximum atomic E-state index is 3.59. The summed E-state index contributed by atoms with van der Waals surface area (Å²) >= 11 is 0. The van der Waals surface area contributed by atoms with Gasteiger partial charge in [0.05, 0.1) is 0 Å². The Labute approximate surface area is 126 Å². The lowest BCUT2D eigenvalue weighted by Gasteiger charge is -2.48. The van der Waals surface area contributed by atoms with Crippen LogP contribution < -0.4 is 5.32 Å². The zero-order valence-electron chi connectivity index (χ0n) is 14.2. The van der Waals surface area contributed by atoms with Gasteiger partial charge >= 0.3 is 0 Å². The Bertz CT molecular complexity index is 292. The molecule has 2 fully saturated rings. The van der Waals surface area contributed by atoms with Gasteiger partial charge < -0.3 is 10.2 Å². The molecular formula is C17H35N3. The van der Waals surface area contributed by atoms with E-state index in [0.717, 1.165) is 24.4 Å². The van der Waals surface area contributed by atoms with Crippen LogP contribution in [-0.2, 0) is 0 Å². The molecule has 0 radical (unpaired) electrons. The van der Waals surface area contributed by atoms with Crippen molar-refractivity contribution in [2.75, 3.05) is 33.2 Å². The van der Waals surface area contributed by atoms with E-state index >= 15 is 0 Å². The molecule has 3 nitrogen and oxygen atoms in total. The molecule has 118 valence electrons. The van der Waals surface area contributed by atoms with E-state index in [1.54, 1.807) is 0 Å². The minimum absolute atomic E-state index is 0.599. The van der Waals surface area contributed by atoms with Crippen molar-refractivity contribution in [3.05, 3.63) is 0 Å². The fourth-order valence-electron chi connectivity index (χ4n) is 4.00. The zero-order chi connectivity index (χ0) is 14.7. The van der Waals surface area contributed by atoms with Crippen molar-refractivity contribution in [1.29, 1.82) is 0 Å². The topological polar surface area (TPSA) is 18.5 Å². The van der Waals surface area contributed by atoms with E-state index in [-0.39, 0.29) is 0 Å². The second-order valence-corrected chi connectivity index (χ2v) is 7.51. The molecule has 20 heavy (non-hydrogen) atoms. The normalized spacial score (nSPS) is 32.1. The minimum Gasteiger partial charge on any atom is -0.314 e. The monoisotopic (exact) mass is 281 g/mol. The Morgan fingerprint density at radius 3 is 2.55 bits per heavy atom. The predicted molar refractivity (Wildman–Crippen MR) is 87.1 cm³/mol. The van der Waals surface area contributed by atoms with Crippen molar-refractivity contribution in [2.45, 2.75) is 65.1 Å². The number of hydrogen-bond acceptors (Lipinski definition) is 3. The molecule has 3 heteroatoms. The van der Waals surface area contributed by atoms with Crippen LogP contribution in [0.15, 0.2) is 0 Å². The quantitative estimate of drug-likeness (QED) is 0.835. The largest absolute Gasteiger partial charge is 0.314 e. The third-order valence-electron chi connectivity index (χ3n) is 5.62. The smallest absolute Gasteiger partial charge is 0.0145 e. The van der Waals surface area contributed by atoms with Crippen molar-refractivity contribution in [2.24, 2.45) is 11.8 Å². The Hall–Kier alpha value is -0.120. The molecule has 0 aromatic rings. The summed E-state index contributed by atoms with van der Waals surface area (Å²) in [6, 6.07) is 2.16. The summed E-state index contributed by atoms with van der Waals surface area (Å²) in [4.78, 5) is 5.37. The highest BCUT2D eigenvalue weighted by atomic mass is 15.2. The van der Waals surface area contributed by atoms with Gasteiger partial charge in [-0.3, -0.25) is 4.90 Å². The summed E-state index contributed by atoms with van der Waals surface area (Å²) in [5, 5.41) is 3.59. The van der Waals surface area contributed by atoms with E-state index in [4.69, 9.17) is 0 Å². The highest BCUT2D eigenvalue weighted by Crippen LogP contribution is 2.31. The molecule has 2 rings (SSSR count). The van der Waals surface area contributed by atoms with Crippen molar-refractivity contribution in [3.63, 3.8) is 0 Å². The van der Waals surface area contributed by atoms with Gasteiger partial charge in [0.15, 0.2) is 0 Å². The summed E-state index contributed by atoms with van der Waals surface area (Å²) in [7, 11) is 2.32. The van der Waals surface area contributed by atoms with Gasteiger partial charge in [0.2, 0.25) is 0 Å². The second kappa shape index (κ2) is 7.24. The summed E-state index contributed by atoms with van der Waals surface area (Å²) in [5.41, 5.74) is 0. The lowest BCUT2D eigenvalue weighted by Crippen LogP contribution is -2.55. The first-order valence-corrected chi connectivity index (χ1v) is 8.66. The molecule has 2 aliphatic heterocycles. The molecule has 4 unspecified atom stereocenters. The highest BCUT2D eigenvalue weighted by molar-refractivity contribution is 4.91. The maximum Gasteiger partial charge on any atom is 0.0145 e. The molecule has 0 amide bonds. The van der Waals surface area contributed by atoms with E-state index in [2.05, 4.69) is 49.9 Å². The number of likely N-dealkylation sites (tertiary alicyclic amines) is 2. The van der Waals surface area contributed by atoms with Crippen molar-refractivity contribution >= 4 is 0 Å². The SMILES string of the molecule is CC(C)NCC(C)C(C)N1CCC2C(CCCN2C)C1. The fourth-order valence-corrected chi connectivity index (χ4v) is 4.00. The Morgan fingerprint density at radius 2 is 1.85 bits per heavy atom. The van der Waals surface area contributed by atoms with E-state index in [0.29, 0.717) is 12.1 Å². The minimum atomic E-state index is 0.599. The lowest BCUT2D eigenvalue weighted by atomic mass is 9.83. The van der Waals surface area contributed by atoms with Crippen LogP contribution >= 0.6 is 0 Å². The van der Waals surface area contributed by atoms with Crippen molar-refractivity contribution < 1.29 is 0 Å². The van der Waals surface area contributed by atoms with Crippen LogP contribution in [0.4, 0.5) is 0 Å². The molecule has 0 aromatic heterocycles. The van der Waals surface area contributed by atoms with Gasteiger partial charge in [-0.1, -0.05) is 20.8 Å². The van der Waals surface area contributed by atoms with Gasteiger partial charge in [-0.2, -0.15) is 0 Å². The molecule has 1 N–H and O–H groups in total. The molecule has 4 atom stereocenters. The number of fused-ring (bicyclic) bond motifs is 1. The standard InChI is InChI=1S/C17H35N3/c1-13(2)18-11-14(3)15(4)20-10-8-17-16(12-20)7-6-9-19(17)5/h13-18H,6-12H2,1-5H3. The third kappa shape index (κ3) is 3.96. The molecule has 0 aliphatic carbocycles. The van der Waals surface area contributed by atoms with Gasteiger partial charge in [0.25, 0.3) is 0 Å². The summed E-state index contributed by atoms with van der Waals surface area (Å²) < 4.78 is 0. The third-order valence-corrected chi connectivity index (χ3v) is 5.62. The van der Waals surface area contributed by atoms with Crippen LogP contribution in [0.5, 0.6) is 0 Å². The van der Waals surface area contributed by atoms with Crippen LogP contribution in [0, 0.1) is 11.8 Å². The molecule has 2 aliphatic rings. The first-order valence-electron chi connectivity index (χ1n) is 8.66. The predicted octanol–water partition coefficient (Wildman–Crippen LogP) is 2.43. The van der Waals surface area contributed by atoms with Gasteiger partial charge in [0.1, 0.15) is 0 Å². The Morgan fingerprint density at radius 1 is 1.10 bits per heavy atom. The van der Waals surface area contributed by atoms with Crippen LogP contribution in [0.1, 0.15) is 47.0 Å². The molecule has 0 bridgehead atoms. The van der Waals surface area contributed by atoms with Gasteiger partial charge in [-0.25, -0.2) is 0 Å². The van der Waals surface area contributed by atoms with E-state index < -0.39 is 0 Å². The van der Waals surface area contributed by atoms with E-state index in [9.17, 15) is 0 Å². The number of piperidine rings is 2. The summed E-state index contributed by atoms with van der Waals surface area (Å²) in [6.45, 7) is 14.4. The Balaban J connectivity index is 1.84. The van der Waals surface area contributed by atoms with Crippen molar-refractivity contribution in [1.82, 2.24) is 15.1 Å². The van der Waals surface area contributed by atoms with Gasteiger partial charge in [-0.05, 0) is 64.7 Å². The van der Waals surface area contributed by atoms with Crippen LogP contribution in [-0.4, -0.2) is 61.2 Å². The second-order valence-electron chi connectivity index (χ2n) is 7.51. The number of hydrogen-bond donors (Lipinski definition) is 1. The van der Waals surface area contributed by atoms with E-state index in [1.807, 2.05) is 0 Å². The molecular weight excluding hydrogens is 246 g/mol. The molecule has 0 aromatic carbocycles. The van der Waals surface area contributed by atoms with Crippen LogP contribution in [0.25, 0.3) is 0 Å². The molecule has 0 saturated carbocycles. The van der Waals surface area contributed by atoms with E-state index in [1.165, 1.54) is 38.9 Å². The molecule has 2 saturated heterocycles. The summed E-state index contributed by atoms with van der Waals surface area (Å²) in [6.07, 6.45) is 4.21. The van der Waals surface area contributed by atoms with Crippen LogP contribution in [0.3, 0.4) is 0 Å². The van der Waals surface area contributed by atoms with Gasteiger partial charge in [0, 0.05) is 24.7 Å². The lowest BCUT2D eigenvalue weighted by molar-refractivity contribution is 0.0130. The van der Waals surface area contributed by atoms with Crippen molar-refractivity contribution in [3.8, 4) is 0 Å². The maximum absolute atomic E-state index is 3.59. The van der Waals surface area contributed by atoms with Gasteiger partial charge in [-0.15, -0.1) is 0 Å².